The van der Waals surface area contributed by atoms with Gasteiger partial charge < -0.3 is 9.88 Å². The maximum Gasteiger partial charge on any atom is 0.149 e. The average Bonchev–Trinajstić information content (AvgIpc) is 3.04. The molecule has 5 nitrogen and oxygen atoms in total. The molecule has 1 aromatic carbocycles. The molecule has 3 heterocycles. The van der Waals surface area contributed by atoms with Crippen molar-refractivity contribution >= 4 is 45.7 Å². The van der Waals surface area contributed by atoms with Crippen LogP contribution in [0.4, 0.5) is 11.5 Å². The number of benzene rings is 1. The first-order valence-electron chi connectivity index (χ1n) is 8.65. The van der Waals surface area contributed by atoms with E-state index in [9.17, 15) is 0 Å². The Morgan fingerprint density at radius 2 is 1.89 bits per heavy atom. The lowest BCUT2D eigenvalue weighted by atomic mass is 10.2. The minimum Gasteiger partial charge on any atom is -0.339 e. The van der Waals surface area contributed by atoms with Crippen LogP contribution in [-0.4, -0.2) is 19.5 Å². The number of aromatic nitrogens is 4. The summed E-state index contributed by atoms with van der Waals surface area (Å²) < 4.78 is 2.13. The molecule has 0 aliphatic heterocycles. The zero-order chi connectivity index (χ0) is 18.8. The van der Waals surface area contributed by atoms with Crippen molar-refractivity contribution in [3.05, 3.63) is 65.0 Å². The van der Waals surface area contributed by atoms with E-state index in [1.807, 2.05) is 36.4 Å². The molecule has 0 spiro atoms. The van der Waals surface area contributed by atoms with Gasteiger partial charge in [-0.25, -0.2) is 9.97 Å². The van der Waals surface area contributed by atoms with Gasteiger partial charge in [-0.15, -0.1) is 0 Å². The van der Waals surface area contributed by atoms with Crippen LogP contribution in [0.25, 0.3) is 22.4 Å². The number of nitrogens with one attached hydrogen (secondary N) is 1. The van der Waals surface area contributed by atoms with Crippen LogP contribution in [-0.2, 0) is 6.54 Å². The second-order valence-corrected chi connectivity index (χ2v) is 6.92. The van der Waals surface area contributed by atoms with Crippen LogP contribution in [0.5, 0.6) is 0 Å². The van der Waals surface area contributed by atoms with E-state index in [2.05, 4.69) is 26.8 Å². The zero-order valence-corrected chi connectivity index (χ0v) is 16.2. The third-order valence-electron chi connectivity index (χ3n) is 4.21. The summed E-state index contributed by atoms with van der Waals surface area (Å²) in [5.41, 5.74) is 3.52. The normalized spacial score (nSPS) is 11.1. The standard InChI is InChI=1S/C20H17Cl2N5/c1-2-10-27-18-15(21)4-3-5-17(18)26-20(27)13-11-16(22)19(24-12-13)25-14-6-8-23-9-7-14/h3-9,11-12H,2,10H2,1H3,(H,23,24,25). The number of rotatable bonds is 5. The number of hydrogen-bond acceptors (Lipinski definition) is 4. The van der Waals surface area contributed by atoms with Crippen LogP contribution in [0, 0.1) is 0 Å². The highest BCUT2D eigenvalue weighted by Gasteiger charge is 2.16. The number of para-hydroxylation sites is 1. The lowest BCUT2D eigenvalue weighted by Gasteiger charge is -2.11. The number of nitrogens with zero attached hydrogens (tertiary/aromatic N) is 4. The molecule has 0 unspecified atom stereocenters. The Hall–Kier alpha value is -2.63. The van der Waals surface area contributed by atoms with Gasteiger partial charge in [0.1, 0.15) is 11.6 Å². The van der Waals surface area contributed by atoms with Gasteiger partial charge >= 0.3 is 0 Å². The smallest absolute Gasteiger partial charge is 0.149 e. The molecular formula is C20H17Cl2N5. The van der Waals surface area contributed by atoms with Gasteiger partial charge in [-0.1, -0.05) is 36.2 Å². The van der Waals surface area contributed by atoms with Gasteiger partial charge in [0.2, 0.25) is 0 Å². The number of hydrogen-bond donors (Lipinski definition) is 1. The van der Waals surface area contributed by atoms with E-state index in [-0.39, 0.29) is 0 Å². The average molecular weight is 398 g/mol. The number of imidazole rings is 1. The maximum atomic E-state index is 6.48. The number of fused-ring (bicyclic) bond motifs is 1. The van der Waals surface area contributed by atoms with Crippen molar-refractivity contribution in [2.45, 2.75) is 19.9 Å². The van der Waals surface area contributed by atoms with Gasteiger partial charge in [-0.05, 0) is 36.8 Å². The fourth-order valence-electron chi connectivity index (χ4n) is 3.03. The van der Waals surface area contributed by atoms with Gasteiger partial charge in [0.25, 0.3) is 0 Å². The molecule has 4 aromatic rings. The van der Waals surface area contributed by atoms with Crippen molar-refractivity contribution in [1.82, 2.24) is 19.5 Å². The summed E-state index contributed by atoms with van der Waals surface area (Å²) in [5.74, 6) is 1.40. The molecule has 0 amide bonds. The fourth-order valence-corrected chi connectivity index (χ4v) is 3.51. The summed E-state index contributed by atoms with van der Waals surface area (Å²) in [6.07, 6.45) is 6.16. The summed E-state index contributed by atoms with van der Waals surface area (Å²) in [7, 11) is 0. The summed E-state index contributed by atoms with van der Waals surface area (Å²) in [6.45, 7) is 2.93. The second kappa shape index (κ2) is 7.55. The molecule has 0 radical (unpaired) electrons. The Morgan fingerprint density at radius 3 is 2.63 bits per heavy atom. The fraction of sp³-hybridized carbons (Fsp3) is 0.150. The number of halogens is 2. The molecule has 0 bridgehead atoms. The molecule has 1 N–H and O–H groups in total. The van der Waals surface area contributed by atoms with Crippen LogP contribution in [0.3, 0.4) is 0 Å². The van der Waals surface area contributed by atoms with Crippen molar-refractivity contribution in [2.75, 3.05) is 5.32 Å². The molecule has 0 aliphatic carbocycles. The monoisotopic (exact) mass is 397 g/mol. The number of anilines is 2. The quantitative estimate of drug-likeness (QED) is 0.451. The number of aryl methyl sites for hydroxylation is 1. The van der Waals surface area contributed by atoms with E-state index in [0.717, 1.165) is 41.1 Å². The molecule has 136 valence electrons. The topological polar surface area (TPSA) is 55.6 Å². The summed E-state index contributed by atoms with van der Waals surface area (Å²) in [6, 6.07) is 11.3. The highest BCUT2D eigenvalue weighted by molar-refractivity contribution is 6.35. The van der Waals surface area contributed by atoms with E-state index >= 15 is 0 Å². The lowest BCUT2D eigenvalue weighted by molar-refractivity contribution is 0.704. The van der Waals surface area contributed by atoms with Crippen molar-refractivity contribution in [3.8, 4) is 11.4 Å². The Morgan fingerprint density at radius 1 is 1.07 bits per heavy atom. The van der Waals surface area contributed by atoms with Crippen LogP contribution in [0.15, 0.2) is 55.0 Å². The van der Waals surface area contributed by atoms with Gasteiger partial charge in [0.15, 0.2) is 0 Å². The second-order valence-electron chi connectivity index (χ2n) is 6.11. The largest absolute Gasteiger partial charge is 0.339 e. The minimum absolute atomic E-state index is 0.519. The third-order valence-corrected chi connectivity index (χ3v) is 4.80. The third kappa shape index (κ3) is 3.48. The molecule has 3 aromatic heterocycles. The SMILES string of the molecule is CCCn1c(-c2cnc(Nc3ccncc3)c(Cl)c2)nc2cccc(Cl)c21. The van der Waals surface area contributed by atoms with Gasteiger partial charge in [-0.3, -0.25) is 4.98 Å². The van der Waals surface area contributed by atoms with E-state index in [4.69, 9.17) is 28.2 Å². The van der Waals surface area contributed by atoms with E-state index in [0.29, 0.717) is 15.9 Å². The molecule has 0 atom stereocenters. The first kappa shape index (κ1) is 17.8. The number of pyridine rings is 2. The van der Waals surface area contributed by atoms with Crippen molar-refractivity contribution in [2.24, 2.45) is 0 Å². The Kier molecular flexibility index (Phi) is 4.97. The molecule has 0 saturated carbocycles. The Labute approximate surface area is 167 Å². The molecule has 4 rings (SSSR count). The van der Waals surface area contributed by atoms with Crippen molar-refractivity contribution in [3.63, 3.8) is 0 Å². The van der Waals surface area contributed by atoms with Crippen LogP contribution in [0.2, 0.25) is 10.0 Å². The lowest BCUT2D eigenvalue weighted by Crippen LogP contribution is -2.01. The summed E-state index contributed by atoms with van der Waals surface area (Å²) >= 11 is 12.9. The van der Waals surface area contributed by atoms with Gasteiger partial charge in [0.05, 0.1) is 21.1 Å². The predicted octanol–water partition coefficient (Wildman–Crippen LogP) is 5.95. The Bertz CT molecular complexity index is 1090. The highest BCUT2D eigenvalue weighted by atomic mass is 35.5. The molecule has 0 saturated heterocycles. The summed E-state index contributed by atoms with van der Waals surface area (Å²) in [5, 5.41) is 4.40. The van der Waals surface area contributed by atoms with Gasteiger partial charge in [0, 0.05) is 36.4 Å². The zero-order valence-electron chi connectivity index (χ0n) is 14.7. The molecule has 27 heavy (non-hydrogen) atoms. The Balaban J connectivity index is 1.76. The van der Waals surface area contributed by atoms with Crippen LogP contribution >= 0.6 is 23.2 Å². The highest BCUT2D eigenvalue weighted by Crippen LogP contribution is 2.32. The molecule has 0 aliphatic rings. The van der Waals surface area contributed by atoms with E-state index in [1.165, 1.54) is 0 Å². The van der Waals surface area contributed by atoms with Gasteiger partial charge in [-0.2, -0.15) is 0 Å². The summed E-state index contributed by atoms with van der Waals surface area (Å²) in [4.78, 5) is 13.3. The molecular weight excluding hydrogens is 381 g/mol. The van der Waals surface area contributed by atoms with Crippen LogP contribution < -0.4 is 5.32 Å². The molecule has 0 fully saturated rings. The predicted molar refractivity (Wildman–Crippen MR) is 111 cm³/mol. The first-order valence-corrected chi connectivity index (χ1v) is 9.40. The van der Waals surface area contributed by atoms with E-state index in [1.54, 1.807) is 18.6 Å². The van der Waals surface area contributed by atoms with Crippen molar-refractivity contribution in [1.29, 1.82) is 0 Å². The first-order chi connectivity index (χ1) is 13.2. The van der Waals surface area contributed by atoms with E-state index < -0.39 is 0 Å². The maximum absolute atomic E-state index is 6.48. The van der Waals surface area contributed by atoms with Crippen LogP contribution in [0.1, 0.15) is 13.3 Å². The molecule has 7 heteroatoms. The minimum atomic E-state index is 0.519. The van der Waals surface area contributed by atoms with Crippen molar-refractivity contribution < 1.29 is 0 Å².